The molecule has 0 aliphatic rings. The van der Waals surface area contributed by atoms with Gasteiger partial charge in [-0.3, -0.25) is 9.59 Å². The zero-order valence-corrected chi connectivity index (χ0v) is 16.1. The molecule has 2 aromatic rings. The second kappa shape index (κ2) is 10.7. The summed E-state index contributed by atoms with van der Waals surface area (Å²) in [4.78, 5) is 28.4. The third-order valence-corrected chi connectivity index (χ3v) is 3.76. The van der Waals surface area contributed by atoms with Gasteiger partial charge in [-0.25, -0.2) is 0 Å². The van der Waals surface area contributed by atoms with E-state index in [0.29, 0.717) is 17.2 Å². The minimum atomic E-state index is -0.578. The molecule has 148 valence electrons. The van der Waals surface area contributed by atoms with E-state index in [0.717, 1.165) is 11.1 Å². The van der Waals surface area contributed by atoms with E-state index < -0.39 is 11.8 Å². The number of oxime groups is 1. The standard InChI is InChI=1S/C21H23NO6/c1-4-27-20(24)13-17(23)14-28-22-21(15-5-9-18(25-2)10-6-15)16-7-11-19(26-3)12-8-16/h5-12H,4,13-14H2,1-3H3. The molecule has 0 saturated heterocycles. The van der Waals surface area contributed by atoms with Crippen molar-refractivity contribution < 1.29 is 28.6 Å². The van der Waals surface area contributed by atoms with Crippen LogP contribution < -0.4 is 9.47 Å². The average Bonchev–Trinajstić information content (AvgIpc) is 2.71. The topological polar surface area (TPSA) is 83.4 Å². The maximum Gasteiger partial charge on any atom is 0.313 e. The predicted molar refractivity (Wildman–Crippen MR) is 104 cm³/mol. The van der Waals surface area contributed by atoms with Gasteiger partial charge in [-0.05, 0) is 55.5 Å². The normalized spacial score (nSPS) is 9.96. The Balaban J connectivity index is 2.18. The summed E-state index contributed by atoms with van der Waals surface area (Å²) in [6, 6.07) is 14.6. The molecule has 0 unspecified atom stereocenters. The van der Waals surface area contributed by atoms with Crippen LogP contribution in [0.3, 0.4) is 0 Å². The number of benzene rings is 2. The maximum atomic E-state index is 11.8. The van der Waals surface area contributed by atoms with E-state index in [-0.39, 0.29) is 19.6 Å². The summed E-state index contributed by atoms with van der Waals surface area (Å²) in [6.45, 7) is 1.58. The van der Waals surface area contributed by atoms with Crippen molar-refractivity contribution in [2.75, 3.05) is 27.4 Å². The number of carbonyl (C=O) groups excluding carboxylic acids is 2. The lowest BCUT2D eigenvalue weighted by atomic mass is 10.0. The number of hydrogen-bond acceptors (Lipinski definition) is 7. The van der Waals surface area contributed by atoms with E-state index in [4.69, 9.17) is 19.0 Å². The first-order valence-corrected chi connectivity index (χ1v) is 8.73. The number of methoxy groups -OCH3 is 2. The quantitative estimate of drug-likeness (QED) is 0.271. The number of rotatable bonds is 10. The molecule has 0 saturated carbocycles. The Kier molecular flexibility index (Phi) is 8.02. The lowest BCUT2D eigenvalue weighted by molar-refractivity contribution is -0.146. The van der Waals surface area contributed by atoms with E-state index in [1.807, 2.05) is 24.3 Å². The summed E-state index contributed by atoms with van der Waals surface area (Å²) in [5, 5.41) is 4.13. The second-order valence-electron chi connectivity index (χ2n) is 5.69. The van der Waals surface area contributed by atoms with Crippen molar-refractivity contribution in [2.24, 2.45) is 5.16 Å². The van der Waals surface area contributed by atoms with E-state index in [9.17, 15) is 9.59 Å². The first-order valence-electron chi connectivity index (χ1n) is 8.73. The molecule has 0 fully saturated rings. The Morgan fingerprint density at radius 1 is 0.857 bits per heavy atom. The van der Waals surface area contributed by atoms with Crippen LogP contribution in [0.1, 0.15) is 24.5 Å². The van der Waals surface area contributed by atoms with Crippen LogP contribution in [0.5, 0.6) is 11.5 Å². The molecule has 28 heavy (non-hydrogen) atoms. The van der Waals surface area contributed by atoms with Crippen LogP contribution in [-0.4, -0.2) is 44.9 Å². The van der Waals surface area contributed by atoms with Crippen molar-refractivity contribution in [3.63, 3.8) is 0 Å². The first-order chi connectivity index (χ1) is 13.6. The third-order valence-electron chi connectivity index (χ3n) is 3.76. The Bertz CT molecular complexity index is 762. The van der Waals surface area contributed by atoms with E-state index in [1.165, 1.54) is 0 Å². The number of Topliss-reactive ketones (excluding diaryl/α,β-unsaturated/α-hetero) is 1. The summed E-state index contributed by atoms with van der Waals surface area (Å²) in [5.74, 6) is 0.434. The highest BCUT2D eigenvalue weighted by Crippen LogP contribution is 2.18. The molecule has 0 atom stereocenters. The summed E-state index contributed by atoms with van der Waals surface area (Å²) in [7, 11) is 3.18. The fourth-order valence-electron chi connectivity index (χ4n) is 2.36. The Morgan fingerprint density at radius 2 is 1.36 bits per heavy atom. The van der Waals surface area contributed by atoms with Crippen LogP contribution in [0.15, 0.2) is 53.7 Å². The van der Waals surface area contributed by atoms with Crippen molar-refractivity contribution in [2.45, 2.75) is 13.3 Å². The second-order valence-corrected chi connectivity index (χ2v) is 5.69. The highest BCUT2D eigenvalue weighted by atomic mass is 16.6. The van der Waals surface area contributed by atoms with Crippen LogP contribution in [-0.2, 0) is 19.2 Å². The molecule has 0 N–H and O–H groups in total. The number of ketones is 1. The Labute approximate surface area is 163 Å². The third kappa shape index (κ3) is 6.12. The molecule has 0 aliphatic heterocycles. The summed E-state index contributed by atoms with van der Waals surface area (Å²) in [5.41, 5.74) is 2.10. The molecule has 0 bridgehead atoms. The molecule has 0 spiro atoms. The highest BCUT2D eigenvalue weighted by molar-refractivity contribution is 6.12. The highest BCUT2D eigenvalue weighted by Gasteiger charge is 2.13. The van der Waals surface area contributed by atoms with Crippen LogP contribution in [0.25, 0.3) is 0 Å². The number of esters is 1. The van der Waals surface area contributed by atoms with Gasteiger partial charge in [0.1, 0.15) is 23.6 Å². The molecule has 0 radical (unpaired) electrons. The molecule has 7 heteroatoms. The van der Waals surface area contributed by atoms with E-state index in [1.54, 1.807) is 45.4 Å². The van der Waals surface area contributed by atoms with Gasteiger partial charge in [0.25, 0.3) is 0 Å². The zero-order chi connectivity index (χ0) is 20.4. The van der Waals surface area contributed by atoms with Crippen molar-refractivity contribution >= 4 is 17.5 Å². The molecule has 0 amide bonds. The van der Waals surface area contributed by atoms with Gasteiger partial charge in [-0.15, -0.1) is 0 Å². The molecule has 0 aromatic heterocycles. The number of hydrogen-bond donors (Lipinski definition) is 0. The van der Waals surface area contributed by atoms with Gasteiger partial charge in [0.15, 0.2) is 12.4 Å². The van der Waals surface area contributed by atoms with Crippen molar-refractivity contribution in [3.05, 3.63) is 59.7 Å². The maximum absolute atomic E-state index is 11.8. The Hall–Kier alpha value is -3.35. The van der Waals surface area contributed by atoms with Crippen LogP contribution >= 0.6 is 0 Å². The van der Waals surface area contributed by atoms with Crippen molar-refractivity contribution in [3.8, 4) is 11.5 Å². The molecular formula is C21H23NO6. The molecule has 2 aromatic carbocycles. The molecule has 7 nitrogen and oxygen atoms in total. The van der Waals surface area contributed by atoms with Gasteiger partial charge < -0.3 is 19.0 Å². The van der Waals surface area contributed by atoms with Gasteiger partial charge in [0.2, 0.25) is 0 Å². The molecule has 2 rings (SSSR count). The van der Waals surface area contributed by atoms with E-state index in [2.05, 4.69) is 5.16 Å². The lowest BCUT2D eigenvalue weighted by Crippen LogP contribution is -2.15. The largest absolute Gasteiger partial charge is 0.497 e. The van der Waals surface area contributed by atoms with Gasteiger partial charge in [-0.2, -0.15) is 0 Å². The Morgan fingerprint density at radius 3 is 1.79 bits per heavy atom. The summed E-state index contributed by atoms with van der Waals surface area (Å²) >= 11 is 0. The number of ether oxygens (including phenoxy) is 3. The van der Waals surface area contributed by atoms with Gasteiger partial charge in [0, 0.05) is 11.1 Å². The monoisotopic (exact) mass is 385 g/mol. The fraction of sp³-hybridized carbons (Fsp3) is 0.286. The van der Waals surface area contributed by atoms with Crippen LogP contribution in [0, 0.1) is 0 Å². The molecule has 0 heterocycles. The predicted octanol–water partition coefficient (Wildman–Crippen LogP) is 3.00. The average molecular weight is 385 g/mol. The summed E-state index contributed by atoms with van der Waals surface area (Å²) < 4.78 is 15.1. The van der Waals surface area contributed by atoms with Crippen molar-refractivity contribution in [1.29, 1.82) is 0 Å². The SMILES string of the molecule is CCOC(=O)CC(=O)CON=C(c1ccc(OC)cc1)c1ccc(OC)cc1. The van der Waals surface area contributed by atoms with Gasteiger partial charge >= 0.3 is 5.97 Å². The molecular weight excluding hydrogens is 362 g/mol. The smallest absolute Gasteiger partial charge is 0.313 e. The first kappa shape index (κ1) is 21.0. The number of carbonyl (C=O) groups is 2. The van der Waals surface area contributed by atoms with E-state index >= 15 is 0 Å². The van der Waals surface area contributed by atoms with Crippen LogP contribution in [0.2, 0.25) is 0 Å². The minimum absolute atomic E-state index is 0.226. The lowest BCUT2D eigenvalue weighted by Gasteiger charge is -2.09. The van der Waals surface area contributed by atoms with Gasteiger partial charge in [0.05, 0.1) is 20.8 Å². The van der Waals surface area contributed by atoms with Crippen molar-refractivity contribution in [1.82, 2.24) is 0 Å². The van der Waals surface area contributed by atoms with Gasteiger partial charge in [-0.1, -0.05) is 5.16 Å². The summed E-state index contributed by atoms with van der Waals surface area (Å²) in [6.07, 6.45) is -0.343. The van der Waals surface area contributed by atoms with Crippen LogP contribution in [0.4, 0.5) is 0 Å². The number of nitrogens with zero attached hydrogens (tertiary/aromatic N) is 1. The fourth-order valence-corrected chi connectivity index (χ4v) is 2.36. The molecule has 0 aliphatic carbocycles. The minimum Gasteiger partial charge on any atom is -0.497 e. The zero-order valence-electron chi connectivity index (χ0n) is 16.1.